The van der Waals surface area contributed by atoms with Crippen LogP contribution in [0.5, 0.6) is 5.75 Å². The van der Waals surface area contributed by atoms with Crippen molar-refractivity contribution in [3.8, 4) is 5.75 Å². The zero-order valence-electron chi connectivity index (χ0n) is 11.3. The van der Waals surface area contributed by atoms with Crippen LogP contribution in [0.2, 0.25) is 0 Å². The van der Waals surface area contributed by atoms with E-state index in [4.69, 9.17) is 16.3 Å². The molecule has 0 bridgehead atoms. The van der Waals surface area contributed by atoms with Crippen molar-refractivity contribution in [2.45, 2.75) is 62.8 Å². The first-order valence-corrected chi connectivity index (χ1v) is 8.14. The fourth-order valence-corrected chi connectivity index (χ4v) is 4.84. The first-order chi connectivity index (χ1) is 9.28. The molecular formula is C17H21ClO. The molecule has 0 saturated heterocycles. The third kappa shape index (κ3) is 1.81. The average Bonchev–Trinajstić information content (AvgIpc) is 3.08. The highest BCUT2D eigenvalue weighted by Gasteiger charge is 2.56. The van der Waals surface area contributed by atoms with Crippen LogP contribution >= 0.6 is 11.6 Å². The van der Waals surface area contributed by atoms with Gasteiger partial charge in [-0.2, -0.15) is 0 Å². The van der Waals surface area contributed by atoms with Gasteiger partial charge in [0, 0.05) is 17.2 Å². The van der Waals surface area contributed by atoms with Crippen molar-refractivity contribution in [1.29, 1.82) is 0 Å². The maximum absolute atomic E-state index is 6.49. The summed E-state index contributed by atoms with van der Waals surface area (Å²) < 4.78 is 6.30. The predicted molar refractivity (Wildman–Crippen MR) is 78.0 cm³/mol. The molecule has 3 aliphatic carbocycles. The van der Waals surface area contributed by atoms with E-state index >= 15 is 0 Å². The molecule has 0 aliphatic heterocycles. The van der Waals surface area contributed by atoms with Gasteiger partial charge < -0.3 is 4.74 Å². The number of aryl methyl sites for hydroxylation is 2. The van der Waals surface area contributed by atoms with Crippen LogP contribution in [-0.4, -0.2) is 11.5 Å². The van der Waals surface area contributed by atoms with Crippen molar-refractivity contribution in [1.82, 2.24) is 0 Å². The molecule has 0 heterocycles. The molecule has 2 saturated carbocycles. The molecule has 19 heavy (non-hydrogen) atoms. The molecule has 3 aliphatic rings. The van der Waals surface area contributed by atoms with E-state index in [1.807, 2.05) is 0 Å². The normalized spacial score (nSPS) is 31.2. The van der Waals surface area contributed by atoms with Crippen molar-refractivity contribution in [3.05, 3.63) is 29.3 Å². The van der Waals surface area contributed by atoms with Crippen molar-refractivity contribution in [2.75, 3.05) is 0 Å². The Morgan fingerprint density at radius 1 is 1.05 bits per heavy atom. The second-order valence-corrected chi connectivity index (χ2v) is 7.06. The topological polar surface area (TPSA) is 9.23 Å². The number of hydrogen-bond donors (Lipinski definition) is 0. The van der Waals surface area contributed by atoms with E-state index in [1.54, 1.807) is 0 Å². The van der Waals surface area contributed by atoms with E-state index in [2.05, 4.69) is 18.2 Å². The summed E-state index contributed by atoms with van der Waals surface area (Å²) in [6, 6.07) is 6.69. The second-order valence-electron chi connectivity index (χ2n) is 6.53. The largest absolute Gasteiger partial charge is 0.490 e. The Morgan fingerprint density at radius 3 is 2.63 bits per heavy atom. The molecule has 1 aromatic carbocycles. The lowest BCUT2D eigenvalue weighted by Crippen LogP contribution is -2.55. The molecule has 1 nitrogen and oxygen atoms in total. The number of ether oxygens (including phenoxy) is 1. The van der Waals surface area contributed by atoms with Gasteiger partial charge in [0.25, 0.3) is 0 Å². The minimum Gasteiger partial charge on any atom is -0.490 e. The zero-order valence-corrected chi connectivity index (χ0v) is 12.1. The summed E-state index contributed by atoms with van der Waals surface area (Å²) in [5.74, 6) is 1.07. The molecule has 0 radical (unpaired) electrons. The van der Waals surface area contributed by atoms with E-state index < -0.39 is 0 Å². The van der Waals surface area contributed by atoms with Gasteiger partial charge in [0.05, 0.1) is 0 Å². The summed E-state index contributed by atoms with van der Waals surface area (Å²) in [7, 11) is 0. The molecule has 2 unspecified atom stereocenters. The van der Waals surface area contributed by atoms with Crippen LogP contribution in [-0.2, 0) is 12.8 Å². The van der Waals surface area contributed by atoms with Gasteiger partial charge in [-0.15, -0.1) is 11.6 Å². The Hall–Kier alpha value is -0.690. The third-order valence-electron chi connectivity index (χ3n) is 5.57. The van der Waals surface area contributed by atoms with Crippen molar-refractivity contribution >= 4 is 11.6 Å². The fraction of sp³-hybridized carbons (Fsp3) is 0.647. The fourth-order valence-electron chi connectivity index (χ4n) is 4.32. The summed E-state index contributed by atoms with van der Waals surface area (Å²) >= 11 is 6.49. The number of hydrogen-bond acceptors (Lipinski definition) is 1. The Morgan fingerprint density at radius 2 is 1.84 bits per heavy atom. The van der Waals surface area contributed by atoms with Gasteiger partial charge in [0.15, 0.2) is 0 Å². The minimum atomic E-state index is 0.292. The van der Waals surface area contributed by atoms with Gasteiger partial charge in [-0.25, -0.2) is 0 Å². The van der Waals surface area contributed by atoms with Gasteiger partial charge in [-0.3, -0.25) is 0 Å². The Bertz CT molecular complexity index is 490. The predicted octanol–water partition coefficient (Wildman–Crippen LogP) is 4.49. The van der Waals surface area contributed by atoms with Crippen molar-refractivity contribution in [3.63, 3.8) is 0 Å². The van der Waals surface area contributed by atoms with Crippen LogP contribution in [0, 0.1) is 5.41 Å². The molecule has 2 fully saturated rings. The molecular weight excluding hydrogens is 256 g/mol. The standard InChI is InChI=1S/C17H21ClO/c18-15-11-16(17(15)8-1-2-9-17)19-14-7-6-12-4-3-5-13(12)10-14/h6-7,10,15-16H,1-5,8-9,11H2. The van der Waals surface area contributed by atoms with Crippen molar-refractivity contribution in [2.24, 2.45) is 5.41 Å². The lowest BCUT2D eigenvalue weighted by atomic mass is 9.64. The summed E-state index contributed by atoms with van der Waals surface area (Å²) in [5.41, 5.74) is 3.31. The highest BCUT2D eigenvalue weighted by atomic mass is 35.5. The number of halogens is 1. The number of fused-ring (bicyclic) bond motifs is 1. The van der Waals surface area contributed by atoms with E-state index in [0.29, 0.717) is 16.9 Å². The van der Waals surface area contributed by atoms with E-state index in [1.165, 1.54) is 56.1 Å². The van der Waals surface area contributed by atoms with E-state index in [0.717, 1.165) is 12.2 Å². The molecule has 0 amide bonds. The molecule has 0 N–H and O–H groups in total. The Balaban J connectivity index is 1.53. The molecule has 1 aromatic rings. The quantitative estimate of drug-likeness (QED) is 0.723. The number of rotatable bonds is 2. The Labute approximate surface area is 120 Å². The zero-order chi connectivity index (χ0) is 12.9. The van der Waals surface area contributed by atoms with Crippen LogP contribution in [0.25, 0.3) is 0 Å². The smallest absolute Gasteiger partial charge is 0.120 e. The van der Waals surface area contributed by atoms with Gasteiger partial charge in [-0.1, -0.05) is 18.9 Å². The van der Waals surface area contributed by atoms with Crippen LogP contribution in [0.3, 0.4) is 0 Å². The first-order valence-electron chi connectivity index (χ1n) is 7.70. The third-order valence-corrected chi connectivity index (χ3v) is 6.18. The Kier molecular flexibility index (Phi) is 2.80. The lowest BCUT2D eigenvalue weighted by Gasteiger charge is -2.51. The minimum absolute atomic E-state index is 0.292. The van der Waals surface area contributed by atoms with Gasteiger partial charge in [0.2, 0.25) is 0 Å². The SMILES string of the molecule is ClC1CC(Oc2ccc3c(c2)CCC3)C12CCCC2. The summed E-state index contributed by atoms with van der Waals surface area (Å²) in [4.78, 5) is 0. The molecule has 102 valence electrons. The number of benzene rings is 1. The molecule has 0 aromatic heterocycles. The van der Waals surface area contributed by atoms with Crippen LogP contribution in [0.15, 0.2) is 18.2 Å². The molecule has 1 spiro atoms. The summed E-state index contributed by atoms with van der Waals surface area (Å²) in [5, 5.41) is 0.342. The van der Waals surface area contributed by atoms with Gasteiger partial charge in [0.1, 0.15) is 11.9 Å². The highest BCUT2D eigenvalue weighted by molar-refractivity contribution is 6.21. The van der Waals surface area contributed by atoms with Crippen LogP contribution < -0.4 is 4.74 Å². The lowest BCUT2D eigenvalue weighted by molar-refractivity contribution is -0.0355. The maximum Gasteiger partial charge on any atom is 0.120 e. The monoisotopic (exact) mass is 276 g/mol. The van der Waals surface area contributed by atoms with Crippen LogP contribution in [0.1, 0.15) is 49.7 Å². The summed E-state index contributed by atoms with van der Waals surface area (Å²) in [6.07, 6.45) is 10.3. The van der Waals surface area contributed by atoms with Gasteiger partial charge in [-0.05, 0) is 55.4 Å². The summed E-state index contributed by atoms with van der Waals surface area (Å²) in [6.45, 7) is 0. The van der Waals surface area contributed by atoms with Crippen molar-refractivity contribution < 1.29 is 4.74 Å². The first kappa shape index (κ1) is 12.1. The molecule has 2 atom stereocenters. The van der Waals surface area contributed by atoms with Gasteiger partial charge >= 0.3 is 0 Å². The second kappa shape index (κ2) is 4.41. The molecule has 2 heteroatoms. The van der Waals surface area contributed by atoms with E-state index in [-0.39, 0.29) is 0 Å². The average molecular weight is 277 g/mol. The number of alkyl halides is 1. The highest BCUT2D eigenvalue weighted by Crippen LogP contribution is 2.57. The maximum atomic E-state index is 6.49. The van der Waals surface area contributed by atoms with E-state index in [9.17, 15) is 0 Å². The van der Waals surface area contributed by atoms with Crippen LogP contribution in [0.4, 0.5) is 0 Å². The molecule has 4 rings (SSSR count).